The Labute approximate surface area is 151 Å². The van der Waals surface area contributed by atoms with Crippen LogP contribution in [0.2, 0.25) is 0 Å². The summed E-state index contributed by atoms with van der Waals surface area (Å²) in [5.41, 5.74) is 2.57. The molecule has 1 amide bonds. The van der Waals surface area contributed by atoms with E-state index in [1.807, 2.05) is 36.4 Å². The van der Waals surface area contributed by atoms with Gasteiger partial charge in [0, 0.05) is 24.6 Å². The molecule has 1 fully saturated rings. The highest BCUT2D eigenvalue weighted by Crippen LogP contribution is 2.32. The molecule has 1 aliphatic rings. The number of hydrogen-bond acceptors (Lipinski definition) is 3. The van der Waals surface area contributed by atoms with Gasteiger partial charge in [-0.3, -0.25) is 4.79 Å². The molecule has 1 aliphatic heterocycles. The number of halogens is 1. The molecule has 0 radical (unpaired) electrons. The van der Waals surface area contributed by atoms with Gasteiger partial charge in [0.2, 0.25) is 0 Å². The van der Waals surface area contributed by atoms with Crippen molar-refractivity contribution in [3.8, 4) is 11.3 Å². The van der Waals surface area contributed by atoms with E-state index in [2.05, 4.69) is 5.16 Å². The Morgan fingerprint density at radius 2 is 1.88 bits per heavy atom. The minimum absolute atomic E-state index is 0.0143. The smallest absolute Gasteiger partial charge is 0.259 e. The van der Waals surface area contributed by atoms with Crippen molar-refractivity contribution in [2.75, 3.05) is 13.1 Å². The quantitative estimate of drug-likeness (QED) is 0.702. The third kappa shape index (κ3) is 2.90. The van der Waals surface area contributed by atoms with Crippen molar-refractivity contribution in [3.63, 3.8) is 0 Å². The second-order valence-electron chi connectivity index (χ2n) is 6.59. The Kier molecular flexibility index (Phi) is 4.29. The molecule has 3 aromatic rings. The van der Waals surface area contributed by atoms with Crippen molar-refractivity contribution in [3.05, 3.63) is 77.3 Å². The highest BCUT2D eigenvalue weighted by molar-refractivity contribution is 6.01. The van der Waals surface area contributed by atoms with E-state index in [4.69, 9.17) is 4.52 Å². The first-order valence-electron chi connectivity index (χ1n) is 8.70. The molecule has 4 nitrogen and oxygen atoms in total. The van der Waals surface area contributed by atoms with Crippen LogP contribution in [0.3, 0.4) is 0 Å². The van der Waals surface area contributed by atoms with Crippen LogP contribution in [0.15, 0.2) is 59.1 Å². The first kappa shape index (κ1) is 16.5. The summed E-state index contributed by atoms with van der Waals surface area (Å²) >= 11 is 0. The third-order valence-corrected chi connectivity index (χ3v) is 4.94. The summed E-state index contributed by atoms with van der Waals surface area (Å²) in [6, 6.07) is 16.3. The fourth-order valence-electron chi connectivity index (χ4n) is 3.58. The normalized spacial score (nSPS) is 16.8. The third-order valence-electron chi connectivity index (χ3n) is 4.94. The molecule has 1 unspecified atom stereocenters. The lowest BCUT2D eigenvalue weighted by Crippen LogP contribution is -2.29. The maximum atomic E-state index is 14.1. The van der Waals surface area contributed by atoms with Crippen molar-refractivity contribution >= 4 is 5.91 Å². The van der Waals surface area contributed by atoms with Crippen molar-refractivity contribution in [2.24, 2.45) is 0 Å². The molecule has 5 heteroatoms. The average molecular weight is 350 g/mol. The Bertz CT molecular complexity index is 936. The van der Waals surface area contributed by atoms with Gasteiger partial charge in [0.1, 0.15) is 22.8 Å². The maximum Gasteiger partial charge on any atom is 0.259 e. The number of rotatable bonds is 3. The number of benzene rings is 2. The lowest BCUT2D eigenvalue weighted by atomic mass is 9.98. The summed E-state index contributed by atoms with van der Waals surface area (Å²) in [5, 5.41) is 4.09. The fourth-order valence-corrected chi connectivity index (χ4v) is 3.58. The number of amides is 1. The summed E-state index contributed by atoms with van der Waals surface area (Å²) in [5.74, 6) is 0.197. The monoisotopic (exact) mass is 350 g/mol. The Morgan fingerprint density at radius 3 is 2.65 bits per heavy atom. The van der Waals surface area contributed by atoms with Gasteiger partial charge in [0.15, 0.2) is 0 Å². The molecule has 4 rings (SSSR count). The van der Waals surface area contributed by atoms with Crippen LogP contribution in [0, 0.1) is 12.7 Å². The first-order chi connectivity index (χ1) is 12.6. The maximum absolute atomic E-state index is 14.1. The molecule has 1 aromatic heterocycles. The van der Waals surface area contributed by atoms with Crippen LogP contribution in [-0.4, -0.2) is 29.1 Å². The summed E-state index contributed by atoms with van der Waals surface area (Å²) in [6.07, 6.45) is 0.748. The second-order valence-corrected chi connectivity index (χ2v) is 6.59. The molecule has 2 aromatic carbocycles. The topological polar surface area (TPSA) is 46.3 Å². The molecule has 0 N–H and O–H groups in total. The van der Waals surface area contributed by atoms with E-state index < -0.39 is 0 Å². The molecule has 1 atom stereocenters. The Hall–Kier alpha value is -2.95. The summed E-state index contributed by atoms with van der Waals surface area (Å²) < 4.78 is 19.4. The van der Waals surface area contributed by atoms with Crippen molar-refractivity contribution in [1.82, 2.24) is 10.1 Å². The highest BCUT2D eigenvalue weighted by atomic mass is 19.1. The number of hydrogen-bond donors (Lipinski definition) is 0. The highest BCUT2D eigenvalue weighted by Gasteiger charge is 2.32. The Morgan fingerprint density at radius 1 is 1.15 bits per heavy atom. The van der Waals surface area contributed by atoms with Gasteiger partial charge >= 0.3 is 0 Å². The van der Waals surface area contributed by atoms with Gasteiger partial charge in [0.25, 0.3) is 5.91 Å². The predicted octanol–water partition coefficient (Wildman–Crippen LogP) is 4.42. The van der Waals surface area contributed by atoms with E-state index in [0.717, 1.165) is 12.0 Å². The van der Waals surface area contributed by atoms with Crippen LogP contribution in [0.25, 0.3) is 11.3 Å². The van der Waals surface area contributed by atoms with Gasteiger partial charge in [-0.25, -0.2) is 4.39 Å². The summed E-state index contributed by atoms with van der Waals surface area (Å²) in [4.78, 5) is 14.9. The zero-order valence-electron chi connectivity index (χ0n) is 14.5. The van der Waals surface area contributed by atoms with Gasteiger partial charge in [-0.1, -0.05) is 53.7 Å². The predicted molar refractivity (Wildman–Crippen MR) is 96.3 cm³/mol. The van der Waals surface area contributed by atoms with Crippen LogP contribution in [0.4, 0.5) is 4.39 Å². The summed E-state index contributed by atoms with van der Waals surface area (Å²) in [6.45, 7) is 2.84. The van der Waals surface area contributed by atoms with E-state index in [1.165, 1.54) is 6.07 Å². The van der Waals surface area contributed by atoms with Crippen molar-refractivity contribution < 1.29 is 13.7 Å². The zero-order valence-corrected chi connectivity index (χ0v) is 14.5. The van der Waals surface area contributed by atoms with E-state index in [0.29, 0.717) is 35.7 Å². The SMILES string of the molecule is Cc1onc(-c2ccccc2)c1C(=O)N1CCC(c2ccccc2F)C1. The van der Waals surface area contributed by atoms with Crippen molar-refractivity contribution in [1.29, 1.82) is 0 Å². The van der Waals surface area contributed by atoms with E-state index in [1.54, 1.807) is 24.0 Å². The van der Waals surface area contributed by atoms with Gasteiger partial charge in [-0.05, 0) is 25.0 Å². The minimum Gasteiger partial charge on any atom is -0.360 e. The molecule has 0 saturated carbocycles. The standard InChI is InChI=1S/C21H19FN2O2/c1-14-19(20(23-26-14)15-7-3-2-4-8-15)21(25)24-12-11-16(13-24)17-9-5-6-10-18(17)22/h2-10,16H,11-13H2,1H3. The number of carbonyl (C=O) groups is 1. The number of aryl methyl sites for hydroxylation is 1. The molecular weight excluding hydrogens is 331 g/mol. The Balaban J connectivity index is 1.60. The van der Waals surface area contributed by atoms with Gasteiger partial charge in [-0.2, -0.15) is 0 Å². The largest absolute Gasteiger partial charge is 0.360 e. The number of carbonyl (C=O) groups excluding carboxylic acids is 1. The number of aromatic nitrogens is 1. The molecule has 0 aliphatic carbocycles. The van der Waals surface area contributed by atoms with Gasteiger partial charge in [-0.15, -0.1) is 0 Å². The zero-order chi connectivity index (χ0) is 18.1. The molecule has 0 spiro atoms. The van der Waals surface area contributed by atoms with E-state index in [-0.39, 0.29) is 17.6 Å². The molecule has 0 bridgehead atoms. The number of nitrogens with zero attached hydrogens (tertiary/aromatic N) is 2. The van der Waals surface area contributed by atoms with Crippen molar-refractivity contribution in [2.45, 2.75) is 19.3 Å². The molecule has 2 heterocycles. The first-order valence-corrected chi connectivity index (χ1v) is 8.70. The lowest BCUT2D eigenvalue weighted by Gasteiger charge is -2.17. The van der Waals surface area contributed by atoms with Gasteiger partial charge < -0.3 is 9.42 Å². The number of likely N-dealkylation sites (tertiary alicyclic amines) is 1. The molecular formula is C21H19FN2O2. The minimum atomic E-state index is -0.210. The summed E-state index contributed by atoms with van der Waals surface area (Å²) in [7, 11) is 0. The molecule has 132 valence electrons. The van der Waals surface area contributed by atoms with Crippen LogP contribution in [0.1, 0.15) is 34.0 Å². The fraction of sp³-hybridized carbons (Fsp3) is 0.238. The average Bonchev–Trinajstić information content (AvgIpc) is 3.29. The van der Waals surface area contributed by atoms with Gasteiger partial charge in [0.05, 0.1) is 0 Å². The molecule has 26 heavy (non-hydrogen) atoms. The molecule has 1 saturated heterocycles. The lowest BCUT2D eigenvalue weighted by molar-refractivity contribution is 0.0789. The van der Waals surface area contributed by atoms with Crippen LogP contribution >= 0.6 is 0 Å². The van der Waals surface area contributed by atoms with E-state index in [9.17, 15) is 9.18 Å². The van der Waals surface area contributed by atoms with E-state index >= 15 is 0 Å². The van der Waals surface area contributed by atoms with Crippen LogP contribution in [0.5, 0.6) is 0 Å². The second kappa shape index (κ2) is 6.75. The van der Waals surface area contributed by atoms with Crippen LogP contribution < -0.4 is 0 Å². The van der Waals surface area contributed by atoms with Crippen LogP contribution in [-0.2, 0) is 0 Å².